The van der Waals surface area contributed by atoms with Crippen LogP contribution in [0.1, 0.15) is 0 Å². The number of anilines is 1. The van der Waals surface area contributed by atoms with E-state index in [2.05, 4.69) is 16.0 Å². The first-order valence-corrected chi connectivity index (χ1v) is 6.80. The molecule has 1 saturated heterocycles. The Balaban J connectivity index is 1.83. The highest BCUT2D eigenvalue weighted by Gasteiger charge is 2.22. The van der Waals surface area contributed by atoms with Gasteiger partial charge in [-0.25, -0.2) is 0 Å². The Labute approximate surface area is 110 Å². The molecule has 0 aliphatic carbocycles. The smallest absolute Gasteiger partial charge is 0.244 e. The third-order valence-electron chi connectivity index (χ3n) is 2.30. The van der Waals surface area contributed by atoms with Crippen LogP contribution in [0.4, 0.5) is 5.69 Å². The van der Waals surface area contributed by atoms with Gasteiger partial charge in [0.2, 0.25) is 5.91 Å². The van der Waals surface area contributed by atoms with Crippen LogP contribution in [0.25, 0.3) is 0 Å². The van der Waals surface area contributed by atoms with Gasteiger partial charge in [0, 0.05) is 17.3 Å². The number of carbonyl (C=O) groups is 1. The number of benzene rings is 1. The number of amides is 1. The normalized spacial score (nSPS) is 18.7. The van der Waals surface area contributed by atoms with Gasteiger partial charge in [-0.05, 0) is 24.4 Å². The van der Waals surface area contributed by atoms with Crippen LogP contribution < -0.4 is 16.0 Å². The first kappa shape index (κ1) is 12.3. The average molecular weight is 267 g/mol. The summed E-state index contributed by atoms with van der Waals surface area (Å²) in [6.07, 6.45) is 0. The number of carbonyl (C=O) groups excluding carboxylic acids is 1. The maximum atomic E-state index is 11.7. The van der Waals surface area contributed by atoms with Gasteiger partial charge in [0.15, 0.2) is 5.11 Å². The van der Waals surface area contributed by atoms with E-state index < -0.39 is 0 Å². The molecule has 0 spiro atoms. The van der Waals surface area contributed by atoms with Gasteiger partial charge in [0.05, 0.1) is 6.04 Å². The summed E-state index contributed by atoms with van der Waals surface area (Å²) in [4.78, 5) is 11.7. The van der Waals surface area contributed by atoms with E-state index in [1.54, 1.807) is 11.8 Å². The maximum Gasteiger partial charge on any atom is 0.244 e. The second-order valence-corrected chi connectivity index (χ2v) is 5.02. The molecular formula is C11H13N3OS2. The fourth-order valence-corrected chi connectivity index (χ4v) is 2.61. The minimum atomic E-state index is -0.143. The van der Waals surface area contributed by atoms with Crippen molar-refractivity contribution in [2.24, 2.45) is 0 Å². The molecule has 0 radical (unpaired) electrons. The van der Waals surface area contributed by atoms with E-state index in [0.717, 1.165) is 17.3 Å². The Hall–Kier alpha value is -1.11. The minimum Gasteiger partial charge on any atom is -0.332 e. The lowest BCUT2D eigenvalue weighted by Crippen LogP contribution is -2.45. The molecule has 17 heavy (non-hydrogen) atoms. The van der Waals surface area contributed by atoms with Crippen LogP contribution in [0.3, 0.4) is 0 Å². The van der Waals surface area contributed by atoms with Crippen LogP contribution in [0.15, 0.2) is 30.3 Å². The number of para-hydroxylation sites is 1. The first-order valence-electron chi connectivity index (χ1n) is 5.24. The molecule has 0 saturated carbocycles. The van der Waals surface area contributed by atoms with Gasteiger partial charge < -0.3 is 10.6 Å². The Bertz CT molecular complexity index is 404. The number of hydrogen-bond donors (Lipinski definition) is 3. The van der Waals surface area contributed by atoms with E-state index in [1.165, 1.54) is 0 Å². The van der Waals surface area contributed by atoms with Crippen LogP contribution in [0.2, 0.25) is 0 Å². The summed E-state index contributed by atoms with van der Waals surface area (Å²) in [5.41, 5.74) is 0.867. The Morgan fingerprint density at radius 1 is 1.41 bits per heavy atom. The van der Waals surface area contributed by atoms with Gasteiger partial charge >= 0.3 is 0 Å². The molecule has 1 aromatic rings. The standard InChI is InChI=1S/C11H13N3OS2/c15-10(9-6-17-7-12-9)14-11(16)13-8-4-2-1-3-5-8/h1-5,9,12H,6-7H2,(H2,13,14,15,16)/t9-/m0/s1. The Morgan fingerprint density at radius 2 is 2.18 bits per heavy atom. The lowest BCUT2D eigenvalue weighted by Gasteiger charge is -2.12. The van der Waals surface area contributed by atoms with Crippen molar-refractivity contribution in [2.75, 3.05) is 16.9 Å². The zero-order chi connectivity index (χ0) is 12.1. The van der Waals surface area contributed by atoms with Crippen LogP contribution in [-0.2, 0) is 4.79 Å². The maximum absolute atomic E-state index is 11.7. The quantitative estimate of drug-likeness (QED) is 0.702. The van der Waals surface area contributed by atoms with Crippen LogP contribution in [0, 0.1) is 0 Å². The molecular weight excluding hydrogens is 254 g/mol. The van der Waals surface area contributed by atoms with Gasteiger partial charge in [-0.15, -0.1) is 11.8 Å². The summed E-state index contributed by atoms with van der Waals surface area (Å²) < 4.78 is 0. The molecule has 1 aliphatic rings. The molecule has 3 N–H and O–H groups in total. The van der Waals surface area contributed by atoms with E-state index >= 15 is 0 Å². The van der Waals surface area contributed by atoms with Crippen molar-refractivity contribution in [3.05, 3.63) is 30.3 Å². The number of rotatable bonds is 2. The third kappa shape index (κ3) is 3.69. The van der Waals surface area contributed by atoms with Crippen molar-refractivity contribution in [3.63, 3.8) is 0 Å². The van der Waals surface area contributed by atoms with Crippen LogP contribution in [-0.4, -0.2) is 28.7 Å². The lowest BCUT2D eigenvalue weighted by molar-refractivity contribution is -0.120. The number of hydrogen-bond acceptors (Lipinski definition) is 4. The van der Waals surface area contributed by atoms with Gasteiger partial charge in [-0.2, -0.15) is 0 Å². The van der Waals surface area contributed by atoms with Crippen molar-refractivity contribution >= 4 is 40.7 Å². The van der Waals surface area contributed by atoms with Crippen LogP contribution >= 0.6 is 24.0 Å². The third-order valence-corrected chi connectivity index (χ3v) is 3.45. The van der Waals surface area contributed by atoms with Gasteiger partial charge in [0.1, 0.15) is 0 Å². The molecule has 1 aromatic carbocycles. The predicted molar refractivity (Wildman–Crippen MR) is 75.1 cm³/mol. The minimum absolute atomic E-state index is 0.0802. The summed E-state index contributed by atoms with van der Waals surface area (Å²) in [6.45, 7) is 0. The molecule has 1 amide bonds. The van der Waals surface area contributed by atoms with Crippen molar-refractivity contribution in [1.29, 1.82) is 0 Å². The van der Waals surface area contributed by atoms with E-state index in [0.29, 0.717) is 5.11 Å². The second-order valence-electron chi connectivity index (χ2n) is 3.58. The summed E-state index contributed by atoms with van der Waals surface area (Å²) in [5.74, 6) is 1.53. The van der Waals surface area contributed by atoms with E-state index in [-0.39, 0.29) is 11.9 Å². The van der Waals surface area contributed by atoms with Crippen LogP contribution in [0.5, 0.6) is 0 Å². The Morgan fingerprint density at radius 3 is 2.82 bits per heavy atom. The van der Waals surface area contributed by atoms with E-state index in [1.807, 2.05) is 30.3 Å². The molecule has 0 bridgehead atoms. The summed E-state index contributed by atoms with van der Waals surface area (Å²) >= 11 is 6.78. The zero-order valence-corrected chi connectivity index (χ0v) is 10.7. The molecule has 1 heterocycles. The number of thiocarbonyl (C=S) groups is 1. The molecule has 1 fully saturated rings. The molecule has 2 rings (SSSR count). The molecule has 1 atom stereocenters. The SMILES string of the molecule is O=C(NC(=S)Nc1ccccc1)[C@@H]1CSCN1. The summed E-state index contributed by atoms with van der Waals surface area (Å²) in [5, 5.41) is 9.06. The highest BCUT2D eigenvalue weighted by atomic mass is 32.2. The molecule has 0 aromatic heterocycles. The number of nitrogens with one attached hydrogen (secondary N) is 3. The molecule has 6 heteroatoms. The van der Waals surface area contributed by atoms with Crippen molar-refractivity contribution in [3.8, 4) is 0 Å². The second kappa shape index (κ2) is 6.00. The van der Waals surface area contributed by atoms with Gasteiger partial charge in [-0.3, -0.25) is 10.1 Å². The molecule has 90 valence electrons. The highest BCUT2D eigenvalue weighted by molar-refractivity contribution is 7.99. The fraction of sp³-hybridized carbons (Fsp3) is 0.273. The fourth-order valence-electron chi connectivity index (χ4n) is 1.45. The predicted octanol–water partition coefficient (Wildman–Crippen LogP) is 1.16. The first-order chi connectivity index (χ1) is 8.25. The zero-order valence-electron chi connectivity index (χ0n) is 9.10. The van der Waals surface area contributed by atoms with Crippen molar-refractivity contribution < 1.29 is 4.79 Å². The summed E-state index contributed by atoms with van der Waals surface area (Å²) in [7, 11) is 0. The molecule has 1 aliphatic heterocycles. The van der Waals surface area contributed by atoms with Gasteiger partial charge in [0.25, 0.3) is 0 Å². The van der Waals surface area contributed by atoms with E-state index in [4.69, 9.17) is 12.2 Å². The topological polar surface area (TPSA) is 53.2 Å². The number of thioether (sulfide) groups is 1. The van der Waals surface area contributed by atoms with E-state index in [9.17, 15) is 4.79 Å². The van der Waals surface area contributed by atoms with Gasteiger partial charge in [-0.1, -0.05) is 18.2 Å². The lowest BCUT2D eigenvalue weighted by atomic mass is 10.3. The highest BCUT2D eigenvalue weighted by Crippen LogP contribution is 2.09. The largest absolute Gasteiger partial charge is 0.332 e. The van der Waals surface area contributed by atoms with Crippen molar-refractivity contribution in [1.82, 2.24) is 10.6 Å². The molecule has 4 nitrogen and oxygen atoms in total. The Kier molecular flexibility index (Phi) is 4.36. The molecule has 0 unspecified atom stereocenters. The average Bonchev–Trinajstić information content (AvgIpc) is 2.83. The monoisotopic (exact) mass is 267 g/mol. The summed E-state index contributed by atoms with van der Waals surface area (Å²) in [6, 6.07) is 9.37. The van der Waals surface area contributed by atoms with Crippen molar-refractivity contribution in [2.45, 2.75) is 6.04 Å².